The van der Waals surface area contributed by atoms with E-state index in [0.717, 1.165) is 10.9 Å². The van der Waals surface area contributed by atoms with E-state index in [-0.39, 0.29) is 5.03 Å². The van der Waals surface area contributed by atoms with E-state index in [1.165, 1.54) is 17.2 Å². The molecule has 0 saturated carbocycles. The molecule has 10 heteroatoms. The Kier molecular flexibility index (Phi) is 4.88. The standard InChI is InChI=1S/C14H22N4O5S/c1-14(2,3)23-13(20)17-9-7-16(8-10-17)12(19)18-6-5-11(15-18)24(4,21)22/h5-6H,7-10H2,1-4H3. The SMILES string of the molecule is CC(C)(C)OC(=O)N1CCN(C(=O)n2ccc(S(C)(=O)=O)n2)CC1. The van der Waals surface area contributed by atoms with Crippen LogP contribution in [0.15, 0.2) is 17.3 Å². The van der Waals surface area contributed by atoms with Crippen molar-refractivity contribution in [2.45, 2.75) is 31.4 Å². The maximum absolute atomic E-state index is 12.3. The number of amides is 2. The van der Waals surface area contributed by atoms with E-state index in [9.17, 15) is 18.0 Å². The van der Waals surface area contributed by atoms with Gasteiger partial charge < -0.3 is 14.5 Å². The topological polar surface area (TPSA) is 102 Å². The molecule has 0 spiro atoms. The van der Waals surface area contributed by atoms with Crippen molar-refractivity contribution < 1.29 is 22.7 Å². The number of ether oxygens (including phenoxy) is 1. The number of hydrogen-bond donors (Lipinski definition) is 0. The summed E-state index contributed by atoms with van der Waals surface area (Å²) in [6, 6.07) is 0.859. The summed E-state index contributed by atoms with van der Waals surface area (Å²) in [6.07, 6.45) is 1.94. The van der Waals surface area contributed by atoms with Crippen LogP contribution in [-0.2, 0) is 14.6 Å². The van der Waals surface area contributed by atoms with Gasteiger partial charge in [-0.25, -0.2) is 18.0 Å². The van der Waals surface area contributed by atoms with Gasteiger partial charge in [0.1, 0.15) is 5.60 Å². The number of hydrogen-bond acceptors (Lipinski definition) is 6. The Balaban J connectivity index is 1.96. The molecule has 0 N–H and O–H groups in total. The first-order chi connectivity index (χ1) is 11.0. The molecule has 134 valence electrons. The van der Waals surface area contributed by atoms with Crippen LogP contribution < -0.4 is 0 Å². The first kappa shape index (κ1) is 18.2. The lowest BCUT2D eigenvalue weighted by molar-refractivity contribution is 0.0169. The molecule has 1 fully saturated rings. The van der Waals surface area contributed by atoms with E-state index < -0.39 is 27.6 Å². The van der Waals surface area contributed by atoms with Gasteiger partial charge in [-0.05, 0) is 26.8 Å². The van der Waals surface area contributed by atoms with Crippen LogP contribution in [0.4, 0.5) is 9.59 Å². The third kappa shape index (κ3) is 4.47. The van der Waals surface area contributed by atoms with E-state index in [2.05, 4.69) is 5.10 Å². The lowest BCUT2D eigenvalue weighted by Crippen LogP contribution is -2.52. The minimum absolute atomic E-state index is 0.150. The van der Waals surface area contributed by atoms with Crippen LogP contribution in [0.1, 0.15) is 20.8 Å². The predicted octanol–water partition coefficient (Wildman–Crippen LogP) is 0.807. The summed E-state index contributed by atoms with van der Waals surface area (Å²) in [7, 11) is -3.46. The van der Waals surface area contributed by atoms with Gasteiger partial charge in [0, 0.05) is 38.6 Å². The second kappa shape index (κ2) is 6.42. The number of rotatable bonds is 1. The Morgan fingerprint density at radius 2 is 1.67 bits per heavy atom. The van der Waals surface area contributed by atoms with Crippen molar-refractivity contribution in [3.05, 3.63) is 12.3 Å². The normalized spacial score (nSPS) is 16.2. The molecule has 2 amide bonds. The number of carbonyl (C=O) groups excluding carboxylic acids is 2. The first-order valence-corrected chi connectivity index (χ1v) is 9.39. The number of aromatic nitrogens is 2. The van der Waals surface area contributed by atoms with Crippen LogP contribution in [0.3, 0.4) is 0 Å². The monoisotopic (exact) mass is 358 g/mol. The van der Waals surface area contributed by atoms with Gasteiger partial charge in [-0.1, -0.05) is 0 Å². The molecular weight excluding hydrogens is 336 g/mol. The Morgan fingerprint density at radius 3 is 2.12 bits per heavy atom. The van der Waals surface area contributed by atoms with Crippen LogP contribution in [0.5, 0.6) is 0 Å². The Labute approximate surface area is 141 Å². The molecule has 0 aliphatic carbocycles. The summed E-state index contributed by atoms with van der Waals surface area (Å²) in [5.41, 5.74) is -0.568. The van der Waals surface area contributed by atoms with Gasteiger partial charge in [-0.2, -0.15) is 9.78 Å². The van der Waals surface area contributed by atoms with Gasteiger partial charge in [0.2, 0.25) is 0 Å². The molecule has 0 bridgehead atoms. The zero-order valence-corrected chi connectivity index (χ0v) is 15.0. The van der Waals surface area contributed by atoms with Crippen molar-refractivity contribution in [1.82, 2.24) is 19.6 Å². The minimum Gasteiger partial charge on any atom is -0.444 e. The molecule has 0 radical (unpaired) electrons. The molecule has 1 saturated heterocycles. The second-order valence-corrected chi connectivity index (χ2v) is 8.57. The maximum Gasteiger partial charge on any atom is 0.410 e. The number of nitrogens with zero attached hydrogens (tertiary/aromatic N) is 4. The Morgan fingerprint density at radius 1 is 1.12 bits per heavy atom. The van der Waals surface area contributed by atoms with Gasteiger partial charge in [-0.3, -0.25) is 0 Å². The quantitative estimate of drug-likeness (QED) is 0.736. The molecular formula is C14H22N4O5S. The average molecular weight is 358 g/mol. The van der Waals surface area contributed by atoms with Gasteiger partial charge in [0.25, 0.3) is 0 Å². The van der Waals surface area contributed by atoms with Crippen molar-refractivity contribution in [2.24, 2.45) is 0 Å². The predicted molar refractivity (Wildman–Crippen MR) is 85.5 cm³/mol. The van der Waals surface area contributed by atoms with Crippen molar-refractivity contribution in [3.8, 4) is 0 Å². The maximum atomic E-state index is 12.3. The smallest absolute Gasteiger partial charge is 0.410 e. The molecule has 1 aliphatic heterocycles. The van der Waals surface area contributed by atoms with Crippen molar-refractivity contribution in [1.29, 1.82) is 0 Å². The number of carbonyl (C=O) groups is 2. The van der Waals surface area contributed by atoms with Gasteiger partial charge in [-0.15, -0.1) is 0 Å². The lowest BCUT2D eigenvalue weighted by Gasteiger charge is -2.35. The zero-order valence-electron chi connectivity index (χ0n) is 14.2. The lowest BCUT2D eigenvalue weighted by atomic mass is 10.2. The van der Waals surface area contributed by atoms with Crippen LogP contribution >= 0.6 is 0 Å². The van der Waals surface area contributed by atoms with Crippen molar-refractivity contribution in [2.75, 3.05) is 32.4 Å². The van der Waals surface area contributed by atoms with E-state index in [0.29, 0.717) is 26.2 Å². The molecule has 1 aromatic rings. The fourth-order valence-corrected chi connectivity index (χ4v) is 2.71. The first-order valence-electron chi connectivity index (χ1n) is 7.50. The van der Waals surface area contributed by atoms with E-state index in [4.69, 9.17) is 4.74 Å². The van der Waals surface area contributed by atoms with Crippen LogP contribution in [0.25, 0.3) is 0 Å². The molecule has 2 rings (SSSR count). The fraction of sp³-hybridized carbons (Fsp3) is 0.643. The second-order valence-electron chi connectivity index (χ2n) is 6.61. The van der Waals surface area contributed by atoms with Crippen LogP contribution in [0.2, 0.25) is 0 Å². The van der Waals surface area contributed by atoms with E-state index in [1.54, 1.807) is 25.7 Å². The molecule has 0 atom stereocenters. The van der Waals surface area contributed by atoms with Crippen LogP contribution in [0, 0.1) is 0 Å². The molecule has 0 unspecified atom stereocenters. The molecule has 1 aromatic heterocycles. The Hall–Kier alpha value is -2.10. The summed E-state index contributed by atoms with van der Waals surface area (Å²) >= 11 is 0. The minimum atomic E-state index is -3.46. The number of piperazine rings is 1. The fourth-order valence-electron chi connectivity index (χ4n) is 2.16. The molecule has 0 aromatic carbocycles. The van der Waals surface area contributed by atoms with Gasteiger partial charge >= 0.3 is 12.1 Å². The average Bonchev–Trinajstić information content (AvgIpc) is 2.94. The molecule has 24 heavy (non-hydrogen) atoms. The van der Waals surface area contributed by atoms with Crippen molar-refractivity contribution >= 4 is 22.0 Å². The molecule has 1 aliphatic rings. The summed E-state index contributed by atoms with van der Waals surface area (Å²) < 4.78 is 29.1. The van der Waals surface area contributed by atoms with E-state index in [1.807, 2.05) is 0 Å². The van der Waals surface area contributed by atoms with E-state index >= 15 is 0 Å². The highest BCUT2D eigenvalue weighted by molar-refractivity contribution is 7.90. The zero-order chi connectivity index (χ0) is 18.1. The van der Waals surface area contributed by atoms with Gasteiger partial charge in [0.15, 0.2) is 14.9 Å². The summed E-state index contributed by atoms with van der Waals surface area (Å²) in [5.74, 6) is 0. The van der Waals surface area contributed by atoms with Crippen LogP contribution in [-0.4, -0.2) is 78.2 Å². The highest BCUT2D eigenvalue weighted by Crippen LogP contribution is 2.13. The van der Waals surface area contributed by atoms with Crippen molar-refractivity contribution in [3.63, 3.8) is 0 Å². The highest BCUT2D eigenvalue weighted by atomic mass is 32.2. The Bertz CT molecular complexity index is 727. The third-order valence-corrected chi connectivity index (χ3v) is 4.32. The third-order valence-electron chi connectivity index (χ3n) is 3.34. The summed E-state index contributed by atoms with van der Waals surface area (Å²) in [5, 5.41) is 3.64. The highest BCUT2D eigenvalue weighted by Gasteiger charge is 2.28. The largest absolute Gasteiger partial charge is 0.444 e. The van der Waals surface area contributed by atoms with Gasteiger partial charge in [0.05, 0.1) is 0 Å². The summed E-state index contributed by atoms with van der Waals surface area (Å²) in [6.45, 7) is 6.73. The molecule has 2 heterocycles. The summed E-state index contributed by atoms with van der Waals surface area (Å²) in [4.78, 5) is 27.4. The number of sulfone groups is 1. The molecule has 9 nitrogen and oxygen atoms in total.